The molecule has 2 aromatic heterocycles. The maximum absolute atomic E-state index is 12.3. The second kappa shape index (κ2) is 6.74. The minimum Gasteiger partial charge on any atom is -0.355 e. The van der Waals surface area contributed by atoms with Gasteiger partial charge in [-0.1, -0.05) is 0 Å². The molecule has 0 saturated carbocycles. The number of nitrogens with zero attached hydrogens (tertiary/aromatic N) is 7. The molecule has 8 heteroatoms. The molecule has 1 atom stereocenters. The molecule has 0 bridgehead atoms. The van der Waals surface area contributed by atoms with Crippen molar-refractivity contribution in [1.29, 1.82) is 0 Å². The number of anilines is 1. The van der Waals surface area contributed by atoms with Crippen molar-refractivity contribution in [3.05, 3.63) is 18.0 Å². The summed E-state index contributed by atoms with van der Waals surface area (Å²) in [6.45, 7) is 4.92. The Balaban J connectivity index is 1.32. The van der Waals surface area contributed by atoms with Gasteiger partial charge in [-0.25, -0.2) is 0 Å². The van der Waals surface area contributed by atoms with Gasteiger partial charge in [0.15, 0.2) is 11.5 Å². The number of hydrogen-bond donors (Lipinski definition) is 0. The molecule has 3 saturated heterocycles. The number of carbonyl (C=O) groups is 1. The fraction of sp³-hybridized carbons (Fsp3) is 0.684. The molecule has 144 valence electrons. The van der Waals surface area contributed by atoms with Crippen molar-refractivity contribution in [1.82, 2.24) is 29.6 Å². The van der Waals surface area contributed by atoms with Crippen molar-refractivity contribution in [2.24, 2.45) is 0 Å². The van der Waals surface area contributed by atoms with Gasteiger partial charge in [-0.3, -0.25) is 9.69 Å². The molecule has 0 aromatic carbocycles. The minimum absolute atomic E-state index is 0.0750. The average Bonchev–Trinajstić information content (AvgIpc) is 3.43. The summed E-state index contributed by atoms with van der Waals surface area (Å²) in [6.07, 6.45) is 5.44. The van der Waals surface area contributed by atoms with E-state index in [-0.39, 0.29) is 11.9 Å². The minimum atomic E-state index is 0.0750. The first-order valence-electron chi connectivity index (χ1n) is 10.2. The van der Waals surface area contributed by atoms with Gasteiger partial charge in [0.25, 0.3) is 0 Å². The number of carbonyl (C=O) groups excluding carboxylic acids is 1. The number of aromatic nitrogens is 4. The Hall–Kier alpha value is -2.22. The molecule has 0 radical (unpaired) electrons. The normalized spacial score (nSPS) is 25.2. The van der Waals surface area contributed by atoms with Gasteiger partial charge in [0.05, 0.1) is 6.04 Å². The van der Waals surface area contributed by atoms with Crippen LogP contribution in [-0.2, 0) is 4.79 Å². The summed E-state index contributed by atoms with van der Waals surface area (Å²) in [4.78, 5) is 18.8. The zero-order valence-corrected chi connectivity index (χ0v) is 15.9. The van der Waals surface area contributed by atoms with Crippen LogP contribution in [0.25, 0.3) is 5.65 Å². The molecular formula is C19H27N7O. The summed E-state index contributed by atoms with van der Waals surface area (Å²) >= 11 is 0. The van der Waals surface area contributed by atoms with Crippen molar-refractivity contribution in [2.75, 3.05) is 44.7 Å². The zero-order chi connectivity index (χ0) is 18.4. The predicted octanol–water partition coefficient (Wildman–Crippen LogP) is 1.13. The van der Waals surface area contributed by atoms with Crippen LogP contribution in [0.15, 0.2) is 12.1 Å². The standard InChI is InChI=1S/C19H27N7O/c1-23-11-8-15(19(23)27)24-12-6-14(7-13-24)18-21-20-16-4-5-17(22-26(16)18)25-9-2-3-10-25/h4-5,14-15H,2-3,6-13H2,1H3. The summed E-state index contributed by atoms with van der Waals surface area (Å²) in [6, 6.07) is 4.16. The molecule has 1 unspecified atom stereocenters. The van der Waals surface area contributed by atoms with Gasteiger partial charge < -0.3 is 9.80 Å². The van der Waals surface area contributed by atoms with Gasteiger partial charge in [-0.15, -0.1) is 15.3 Å². The number of amides is 1. The van der Waals surface area contributed by atoms with Crippen molar-refractivity contribution in [3.8, 4) is 0 Å². The van der Waals surface area contributed by atoms with Gasteiger partial charge in [-0.05, 0) is 57.3 Å². The van der Waals surface area contributed by atoms with E-state index < -0.39 is 0 Å². The Morgan fingerprint density at radius 3 is 2.44 bits per heavy atom. The third kappa shape index (κ3) is 2.96. The number of hydrogen-bond acceptors (Lipinski definition) is 6. The molecule has 3 aliphatic heterocycles. The first kappa shape index (κ1) is 16.9. The fourth-order valence-corrected chi connectivity index (χ4v) is 4.78. The lowest BCUT2D eigenvalue weighted by atomic mass is 9.95. The van der Waals surface area contributed by atoms with Crippen molar-refractivity contribution in [2.45, 2.75) is 44.1 Å². The van der Waals surface area contributed by atoms with Gasteiger partial charge in [-0.2, -0.15) is 4.52 Å². The number of likely N-dealkylation sites (tertiary alicyclic amines) is 2. The first-order chi connectivity index (χ1) is 13.2. The largest absolute Gasteiger partial charge is 0.355 e. The third-order valence-corrected chi connectivity index (χ3v) is 6.44. The van der Waals surface area contributed by atoms with Gasteiger partial charge in [0.2, 0.25) is 5.91 Å². The van der Waals surface area contributed by atoms with Gasteiger partial charge in [0.1, 0.15) is 5.82 Å². The number of fused-ring (bicyclic) bond motifs is 1. The highest BCUT2D eigenvalue weighted by Crippen LogP contribution is 2.30. The van der Waals surface area contributed by atoms with Crippen LogP contribution >= 0.6 is 0 Å². The zero-order valence-electron chi connectivity index (χ0n) is 15.9. The van der Waals surface area contributed by atoms with E-state index in [1.54, 1.807) is 0 Å². The van der Waals surface area contributed by atoms with E-state index in [9.17, 15) is 4.79 Å². The molecule has 27 heavy (non-hydrogen) atoms. The lowest BCUT2D eigenvalue weighted by Crippen LogP contribution is -2.45. The van der Waals surface area contributed by atoms with Crippen LogP contribution < -0.4 is 4.90 Å². The summed E-state index contributed by atoms with van der Waals surface area (Å²) < 4.78 is 1.95. The van der Waals surface area contributed by atoms with Gasteiger partial charge in [0, 0.05) is 32.6 Å². The highest BCUT2D eigenvalue weighted by atomic mass is 16.2. The highest BCUT2D eigenvalue weighted by Gasteiger charge is 2.36. The fourth-order valence-electron chi connectivity index (χ4n) is 4.78. The maximum atomic E-state index is 12.3. The molecule has 5 heterocycles. The Morgan fingerprint density at radius 2 is 1.74 bits per heavy atom. The van der Waals surface area contributed by atoms with Crippen LogP contribution in [-0.4, -0.2) is 81.3 Å². The van der Waals surface area contributed by atoms with Gasteiger partial charge >= 0.3 is 0 Å². The van der Waals surface area contributed by atoms with Crippen LogP contribution in [0.4, 0.5) is 5.82 Å². The molecule has 5 rings (SSSR count). The first-order valence-corrected chi connectivity index (χ1v) is 10.2. The van der Waals surface area contributed by atoms with E-state index in [1.807, 2.05) is 22.5 Å². The molecule has 0 spiro atoms. The van der Waals surface area contributed by atoms with Crippen molar-refractivity contribution < 1.29 is 4.79 Å². The molecule has 3 fully saturated rings. The number of piperidine rings is 1. The smallest absolute Gasteiger partial charge is 0.239 e. The molecule has 0 N–H and O–H groups in total. The summed E-state index contributed by atoms with van der Waals surface area (Å²) in [7, 11) is 1.90. The van der Waals surface area contributed by atoms with E-state index in [2.05, 4.69) is 26.1 Å². The Kier molecular flexibility index (Phi) is 4.22. The highest BCUT2D eigenvalue weighted by molar-refractivity contribution is 5.83. The topological polar surface area (TPSA) is 69.9 Å². The van der Waals surface area contributed by atoms with Crippen molar-refractivity contribution in [3.63, 3.8) is 0 Å². The third-order valence-electron chi connectivity index (χ3n) is 6.44. The molecule has 3 aliphatic rings. The van der Waals surface area contributed by atoms with E-state index in [0.29, 0.717) is 5.92 Å². The van der Waals surface area contributed by atoms with Crippen molar-refractivity contribution >= 4 is 17.4 Å². The summed E-state index contributed by atoms with van der Waals surface area (Å²) in [5, 5.41) is 13.7. The van der Waals surface area contributed by atoms with E-state index >= 15 is 0 Å². The predicted molar refractivity (Wildman–Crippen MR) is 102 cm³/mol. The summed E-state index contributed by atoms with van der Waals surface area (Å²) in [5.41, 5.74) is 0.822. The Bertz CT molecular complexity index is 836. The maximum Gasteiger partial charge on any atom is 0.239 e. The molecular weight excluding hydrogens is 342 g/mol. The van der Waals surface area contributed by atoms with E-state index in [0.717, 1.165) is 69.3 Å². The molecule has 8 nitrogen and oxygen atoms in total. The molecule has 2 aromatic rings. The molecule has 1 amide bonds. The number of likely N-dealkylation sites (N-methyl/N-ethyl adjacent to an activating group) is 1. The van der Waals surface area contributed by atoms with E-state index in [1.165, 1.54) is 12.8 Å². The van der Waals surface area contributed by atoms with E-state index in [4.69, 9.17) is 5.10 Å². The lowest BCUT2D eigenvalue weighted by molar-refractivity contribution is -0.131. The lowest BCUT2D eigenvalue weighted by Gasteiger charge is -2.34. The molecule has 0 aliphatic carbocycles. The monoisotopic (exact) mass is 369 g/mol. The quantitative estimate of drug-likeness (QED) is 0.808. The second-order valence-electron chi connectivity index (χ2n) is 8.09. The summed E-state index contributed by atoms with van der Waals surface area (Å²) in [5.74, 6) is 2.63. The number of rotatable bonds is 3. The van der Waals surface area contributed by atoms with Crippen LogP contribution in [0.5, 0.6) is 0 Å². The second-order valence-corrected chi connectivity index (χ2v) is 8.09. The SMILES string of the molecule is CN1CCC(N2CCC(c3nnc4ccc(N5CCCC5)nn34)CC2)C1=O. The van der Waals surface area contributed by atoms with Crippen LogP contribution in [0.1, 0.15) is 43.8 Å². The van der Waals surface area contributed by atoms with Crippen LogP contribution in [0, 0.1) is 0 Å². The Morgan fingerprint density at radius 1 is 0.963 bits per heavy atom. The Labute approximate surface area is 159 Å². The average molecular weight is 369 g/mol. The van der Waals surface area contributed by atoms with Crippen LogP contribution in [0.3, 0.4) is 0 Å². The van der Waals surface area contributed by atoms with Crippen LogP contribution in [0.2, 0.25) is 0 Å².